The third kappa shape index (κ3) is 3.20. The lowest BCUT2D eigenvalue weighted by Crippen LogP contribution is -2.45. The van der Waals surface area contributed by atoms with Gasteiger partial charge in [0.25, 0.3) is 0 Å². The molecular weight excluding hydrogens is 248 g/mol. The summed E-state index contributed by atoms with van der Waals surface area (Å²) < 4.78 is 0. The van der Waals surface area contributed by atoms with Gasteiger partial charge < -0.3 is 15.2 Å². The summed E-state index contributed by atoms with van der Waals surface area (Å²) >= 11 is 0. The summed E-state index contributed by atoms with van der Waals surface area (Å²) in [5.74, 6) is 0. The molecule has 0 aliphatic carbocycles. The second-order valence-corrected chi connectivity index (χ2v) is 5.69. The first kappa shape index (κ1) is 13.6. The van der Waals surface area contributed by atoms with Gasteiger partial charge in [-0.05, 0) is 18.7 Å². The molecule has 0 saturated carbocycles. The second-order valence-electron chi connectivity index (χ2n) is 5.69. The molecule has 2 heterocycles. The van der Waals surface area contributed by atoms with E-state index in [4.69, 9.17) is 0 Å². The van der Waals surface area contributed by atoms with E-state index in [1.807, 2.05) is 0 Å². The van der Waals surface area contributed by atoms with Crippen LogP contribution in [0.1, 0.15) is 5.56 Å². The van der Waals surface area contributed by atoms with Crippen LogP contribution in [0.4, 0.5) is 0 Å². The van der Waals surface area contributed by atoms with Crippen molar-refractivity contribution in [2.24, 2.45) is 0 Å². The van der Waals surface area contributed by atoms with Crippen molar-refractivity contribution >= 4 is 10.9 Å². The maximum Gasteiger partial charge on any atom is 0.0457 e. The van der Waals surface area contributed by atoms with Crippen LogP contribution in [0.25, 0.3) is 10.9 Å². The van der Waals surface area contributed by atoms with Crippen LogP contribution in [0.2, 0.25) is 0 Å². The third-order valence-electron chi connectivity index (χ3n) is 4.12. The summed E-state index contributed by atoms with van der Waals surface area (Å²) in [6.07, 6.45) is 2.14. The highest BCUT2D eigenvalue weighted by Crippen LogP contribution is 2.18. The van der Waals surface area contributed by atoms with E-state index >= 15 is 0 Å². The van der Waals surface area contributed by atoms with Gasteiger partial charge in [-0.1, -0.05) is 18.2 Å². The Hall–Kier alpha value is -1.36. The number of nitrogens with one attached hydrogen (secondary N) is 2. The molecule has 0 radical (unpaired) electrons. The molecule has 1 saturated heterocycles. The van der Waals surface area contributed by atoms with Gasteiger partial charge in [0.2, 0.25) is 0 Å². The zero-order valence-electron chi connectivity index (χ0n) is 12.2. The summed E-state index contributed by atoms with van der Waals surface area (Å²) in [6, 6.07) is 8.53. The number of rotatable bonds is 5. The maximum absolute atomic E-state index is 3.40. The normalized spacial score (nSPS) is 17.1. The van der Waals surface area contributed by atoms with Crippen molar-refractivity contribution in [1.82, 2.24) is 20.1 Å². The molecular formula is C16H24N4. The summed E-state index contributed by atoms with van der Waals surface area (Å²) in [4.78, 5) is 8.31. The number of para-hydroxylation sites is 1. The summed E-state index contributed by atoms with van der Waals surface area (Å²) in [7, 11) is 2.21. The Bertz CT molecular complexity index is 542. The highest BCUT2D eigenvalue weighted by atomic mass is 15.2. The number of H-pyrrole nitrogens is 1. The fourth-order valence-electron chi connectivity index (χ4n) is 2.88. The Morgan fingerprint density at radius 3 is 2.85 bits per heavy atom. The molecule has 0 unspecified atom stereocenters. The van der Waals surface area contributed by atoms with Gasteiger partial charge in [-0.2, -0.15) is 0 Å². The molecule has 2 N–H and O–H groups in total. The molecule has 1 aromatic carbocycles. The van der Waals surface area contributed by atoms with Crippen LogP contribution in [-0.2, 0) is 6.54 Å². The van der Waals surface area contributed by atoms with E-state index in [0.29, 0.717) is 0 Å². The van der Waals surface area contributed by atoms with Gasteiger partial charge in [-0.3, -0.25) is 4.90 Å². The number of benzene rings is 1. The number of fused-ring (bicyclic) bond motifs is 1. The standard InChI is InChI=1S/C16H24N4/c1-19(10-11-20-8-6-17-7-9-20)13-14-12-18-16-5-3-2-4-15(14)16/h2-5,12,17-18H,6-11,13H2,1H3. The van der Waals surface area contributed by atoms with Crippen LogP contribution in [0.3, 0.4) is 0 Å². The molecule has 0 spiro atoms. The van der Waals surface area contributed by atoms with Crippen molar-refractivity contribution in [3.63, 3.8) is 0 Å². The number of aromatic amines is 1. The third-order valence-corrected chi connectivity index (χ3v) is 4.12. The Kier molecular flexibility index (Phi) is 4.35. The second kappa shape index (κ2) is 6.39. The van der Waals surface area contributed by atoms with Crippen molar-refractivity contribution in [1.29, 1.82) is 0 Å². The molecule has 1 fully saturated rings. The zero-order valence-corrected chi connectivity index (χ0v) is 12.2. The summed E-state index contributed by atoms with van der Waals surface area (Å²) in [5.41, 5.74) is 2.63. The molecule has 2 aromatic rings. The van der Waals surface area contributed by atoms with Gasteiger partial charge in [0.15, 0.2) is 0 Å². The predicted molar refractivity (Wildman–Crippen MR) is 83.9 cm³/mol. The molecule has 4 heteroatoms. The van der Waals surface area contributed by atoms with Crippen molar-refractivity contribution in [3.05, 3.63) is 36.0 Å². The largest absolute Gasteiger partial charge is 0.361 e. The minimum Gasteiger partial charge on any atom is -0.361 e. The fraction of sp³-hybridized carbons (Fsp3) is 0.500. The van der Waals surface area contributed by atoms with Gasteiger partial charge in [-0.15, -0.1) is 0 Å². The molecule has 0 bridgehead atoms. The average molecular weight is 272 g/mol. The molecule has 0 amide bonds. The zero-order chi connectivity index (χ0) is 13.8. The van der Waals surface area contributed by atoms with E-state index in [2.05, 4.69) is 57.6 Å². The van der Waals surface area contributed by atoms with Crippen LogP contribution >= 0.6 is 0 Å². The van der Waals surface area contributed by atoms with Gasteiger partial charge >= 0.3 is 0 Å². The molecule has 0 atom stereocenters. The van der Waals surface area contributed by atoms with Crippen LogP contribution in [0.5, 0.6) is 0 Å². The van der Waals surface area contributed by atoms with Gasteiger partial charge in [-0.25, -0.2) is 0 Å². The SMILES string of the molecule is CN(CCN1CCNCC1)Cc1c[nH]c2ccccc12. The monoisotopic (exact) mass is 272 g/mol. The lowest BCUT2D eigenvalue weighted by Gasteiger charge is -2.29. The molecule has 1 aromatic heterocycles. The lowest BCUT2D eigenvalue weighted by atomic mass is 10.1. The predicted octanol–water partition coefficient (Wildman–Crippen LogP) is 1.50. The molecule has 1 aliphatic heterocycles. The number of hydrogen-bond acceptors (Lipinski definition) is 3. The molecule has 3 rings (SSSR count). The van der Waals surface area contributed by atoms with Crippen LogP contribution < -0.4 is 5.32 Å². The highest BCUT2D eigenvalue weighted by molar-refractivity contribution is 5.82. The number of likely N-dealkylation sites (N-methyl/N-ethyl adjacent to an activating group) is 1. The molecule has 108 valence electrons. The van der Waals surface area contributed by atoms with Crippen LogP contribution in [-0.4, -0.2) is 61.1 Å². The van der Waals surface area contributed by atoms with Crippen molar-refractivity contribution in [2.45, 2.75) is 6.54 Å². The van der Waals surface area contributed by atoms with E-state index in [9.17, 15) is 0 Å². The minimum absolute atomic E-state index is 1.01. The first-order chi connectivity index (χ1) is 9.83. The molecule has 4 nitrogen and oxygen atoms in total. The Morgan fingerprint density at radius 2 is 2.00 bits per heavy atom. The van der Waals surface area contributed by atoms with E-state index in [1.165, 1.54) is 36.1 Å². The van der Waals surface area contributed by atoms with Gasteiger partial charge in [0.1, 0.15) is 0 Å². The van der Waals surface area contributed by atoms with Crippen LogP contribution in [0, 0.1) is 0 Å². The summed E-state index contributed by atoms with van der Waals surface area (Å²) in [6.45, 7) is 7.93. The number of aromatic nitrogens is 1. The van der Waals surface area contributed by atoms with Gasteiger partial charge in [0.05, 0.1) is 0 Å². The van der Waals surface area contributed by atoms with Crippen molar-refractivity contribution < 1.29 is 0 Å². The molecule has 20 heavy (non-hydrogen) atoms. The number of hydrogen-bond donors (Lipinski definition) is 2. The number of piperazine rings is 1. The highest BCUT2D eigenvalue weighted by Gasteiger charge is 2.11. The smallest absolute Gasteiger partial charge is 0.0457 e. The minimum atomic E-state index is 1.01. The lowest BCUT2D eigenvalue weighted by molar-refractivity contribution is 0.202. The van der Waals surface area contributed by atoms with Crippen LogP contribution in [0.15, 0.2) is 30.5 Å². The average Bonchev–Trinajstić information content (AvgIpc) is 2.90. The van der Waals surface area contributed by atoms with E-state index in [0.717, 1.165) is 26.2 Å². The van der Waals surface area contributed by atoms with E-state index in [-0.39, 0.29) is 0 Å². The van der Waals surface area contributed by atoms with Crippen molar-refractivity contribution in [2.75, 3.05) is 46.3 Å². The Balaban J connectivity index is 1.54. The van der Waals surface area contributed by atoms with Crippen molar-refractivity contribution in [3.8, 4) is 0 Å². The first-order valence-electron chi connectivity index (χ1n) is 7.49. The Labute approximate surface area is 120 Å². The Morgan fingerprint density at radius 1 is 1.20 bits per heavy atom. The topological polar surface area (TPSA) is 34.3 Å². The van der Waals surface area contributed by atoms with Gasteiger partial charge in [0, 0.05) is 62.9 Å². The summed E-state index contributed by atoms with van der Waals surface area (Å²) in [5, 5.41) is 4.75. The van der Waals surface area contributed by atoms with E-state index in [1.54, 1.807) is 0 Å². The first-order valence-corrected chi connectivity index (χ1v) is 7.49. The van der Waals surface area contributed by atoms with E-state index < -0.39 is 0 Å². The fourth-order valence-corrected chi connectivity index (χ4v) is 2.88. The maximum atomic E-state index is 3.40. The quantitative estimate of drug-likeness (QED) is 0.866. The number of nitrogens with zero attached hydrogens (tertiary/aromatic N) is 2. The molecule has 1 aliphatic rings.